The van der Waals surface area contributed by atoms with E-state index in [1.165, 1.54) is 11.8 Å². The summed E-state index contributed by atoms with van der Waals surface area (Å²) in [6.45, 7) is 14.9. The molecule has 0 saturated carbocycles. The lowest BCUT2D eigenvalue weighted by molar-refractivity contribution is -0.127. The van der Waals surface area contributed by atoms with Crippen molar-refractivity contribution in [1.82, 2.24) is 0 Å². The minimum absolute atomic E-state index is 0.104. The van der Waals surface area contributed by atoms with E-state index in [9.17, 15) is 9.59 Å². The summed E-state index contributed by atoms with van der Waals surface area (Å²) < 4.78 is -1.04. The molecule has 0 aromatic heterocycles. The van der Waals surface area contributed by atoms with E-state index < -0.39 is 9.49 Å². The number of Topliss-reactive ketones (excluding diaryl/α,β-unsaturated/α-hetero) is 2. The van der Waals surface area contributed by atoms with Gasteiger partial charge < -0.3 is 0 Å². The normalized spacial score (nSPS) is 13.8. The van der Waals surface area contributed by atoms with E-state index in [2.05, 4.69) is 0 Å². The third-order valence-electron chi connectivity index (χ3n) is 2.59. The van der Waals surface area contributed by atoms with Gasteiger partial charge >= 0.3 is 0 Å². The third kappa shape index (κ3) is 3.93. The van der Waals surface area contributed by atoms with Gasteiger partial charge in [0.1, 0.15) is 5.78 Å². The molecule has 3 heteroatoms. The van der Waals surface area contributed by atoms with Gasteiger partial charge in [-0.05, 0) is 34.6 Å². The molecule has 0 fully saturated rings. The Morgan fingerprint density at radius 1 is 0.812 bits per heavy atom. The largest absolute Gasteiger partial charge is 0.298 e. The van der Waals surface area contributed by atoms with Crippen molar-refractivity contribution in [2.75, 3.05) is 0 Å². The summed E-state index contributed by atoms with van der Waals surface area (Å²) in [5, 5.41) is 0. The van der Waals surface area contributed by atoms with Gasteiger partial charge in [-0.15, -0.1) is 11.8 Å². The second-order valence-electron chi connectivity index (χ2n) is 6.26. The first-order valence-electron chi connectivity index (χ1n) is 5.57. The molecule has 94 valence electrons. The summed E-state index contributed by atoms with van der Waals surface area (Å²) in [5.74, 6) is 0.284. The second-order valence-corrected chi connectivity index (χ2v) is 8.50. The van der Waals surface area contributed by atoms with Crippen LogP contribution in [0.15, 0.2) is 0 Å². The van der Waals surface area contributed by atoms with Crippen molar-refractivity contribution in [1.29, 1.82) is 0 Å². The van der Waals surface area contributed by atoms with Gasteiger partial charge in [0.25, 0.3) is 0 Å². The monoisotopic (exact) mass is 244 g/mol. The molecular weight excluding hydrogens is 220 g/mol. The Balaban J connectivity index is 4.97. The van der Waals surface area contributed by atoms with Crippen molar-refractivity contribution in [2.24, 2.45) is 5.41 Å². The quantitative estimate of drug-likeness (QED) is 0.759. The average Bonchev–Trinajstić information content (AvgIpc) is 1.98. The summed E-state index contributed by atoms with van der Waals surface area (Å²) in [4.78, 5) is 23.7. The number of thioether (sulfide) groups is 1. The van der Waals surface area contributed by atoms with Crippen LogP contribution >= 0.6 is 11.8 Å². The summed E-state index contributed by atoms with van der Waals surface area (Å²) in [6.07, 6.45) is 0. The van der Waals surface area contributed by atoms with Crippen LogP contribution < -0.4 is 0 Å². The molecule has 0 aliphatic carbocycles. The lowest BCUT2D eigenvalue weighted by Gasteiger charge is -2.35. The molecule has 0 saturated heterocycles. The van der Waals surface area contributed by atoms with Crippen molar-refractivity contribution in [2.45, 2.75) is 64.9 Å². The lowest BCUT2D eigenvalue weighted by atomic mass is 9.84. The Kier molecular flexibility index (Phi) is 4.43. The van der Waals surface area contributed by atoms with Gasteiger partial charge in [0.05, 0.1) is 9.49 Å². The van der Waals surface area contributed by atoms with Gasteiger partial charge in [0, 0.05) is 5.41 Å². The van der Waals surface area contributed by atoms with Crippen LogP contribution in [0.25, 0.3) is 0 Å². The molecule has 0 bridgehead atoms. The average molecular weight is 244 g/mol. The molecule has 0 N–H and O–H groups in total. The van der Waals surface area contributed by atoms with Crippen LogP contribution in [-0.2, 0) is 9.59 Å². The van der Waals surface area contributed by atoms with E-state index in [1.807, 2.05) is 48.5 Å². The predicted molar refractivity (Wildman–Crippen MR) is 70.9 cm³/mol. The number of hydrogen-bond donors (Lipinski definition) is 0. The number of ketones is 2. The van der Waals surface area contributed by atoms with E-state index in [1.54, 1.807) is 6.92 Å². The van der Waals surface area contributed by atoms with Gasteiger partial charge in [-0.3, -0.25) is 9.59 Å². The maximum absolute atomic E-state index is 12.3. The minimum atomic E-state index is -0.534. The number of rotatable bonds is 4. The fraction of sp³-hybridized carbons (Fsp3) is 0.846. The first-order chi connectivity index (χ1) is 6.81. The Morgan fingerprint density at radius 3 is 1.44 bits per heavy atom. The molecule has 16 heavy (non-hydrogen) atoms. The molecule has 0 unspecified atom stereocenters. The van der Waals surface area contributed by atoms with E-state index in [0.29, 0.717) is 0 Å². The second kappa shape index (κ2) is 4.52. The van der Waals surface area contributed by atoms with E-state index in [4.69, 9.17) is 0 Å². The summed E-state index contributed by atoms with van der Waals surface area (Å²) in [7, 11) is 0. The standard InChI is InChI=1S/C13H24O2S/c1-9(14)12(5,6)16-13(7,8)10(15)11(2,3)4/h1-8H3. The molecule has 0 atom stereocenters. The number of carbonyl (C=O) groups is 2. The number of carbonyl (C=O) groups excluding carboxylic acids is 2. The van der Waals surface area contributed by atoms with Crippen molar-refractivity contribution >= 4 is 23.3 Å². The highest BCUT2D eigenvalue weighted by Gasteiger charge is 2.41. The fourth-order valence-corrected chi connectivity index (χ4v) is 3.48. The van der Waals surface area contributed by atoms with Gasteiger partial charge in [-0.2, -0.15) is 0 Å². The molecule has 0 amide bonds. The fourth-order valence-electron chi connectivity index (χ4n) is 1.66. The van der Waals surface area contributed by atoms with Gasteiger partial charge in [-0.25, -0.2) is 0 Å². The van der Waals surface area contributed by atoms with Crippen molar-refractivity contribution in [3.05, 3.63) is 0 Å². The van der Waals surface area contributed by atoms with E-state index in [0.717, 1.165) is 0 Å². The highest BCUT2D eigenvalue weighted by Crippen LogP contribution is 2.41. The van der Waals surface area contributed by atoms with Crippen molar-refractivity contribution in [3.8, 4) is 0 Å². The van der Waals surface area contributed by atoms with Crippen LogP contribution in [0.4, 0.5) is 0 Å². The van der Waals surface area contributed by atoms with E-state index in [-0.39, 0.29) is 17.0 Å². The first kappa shape index (κ1) is 15.7. The lowest BCUT2D eigenvalue weighted by Crippen LogP contribution is -2.42. The molecular formula is C13H24O2S. The molecule has 0 aliphatic rings. The predicted octanol–water partition coefficient (Wildman–Crippen LogP) is 3.48. The number of hydrogen-bond acceptors (Lipinski definition) is 3. The summed E-state index contributed by atoms with van der Waals surface area (Å²) in [6, 6.07) is 0. The molecule has 0 radical (unpaired) electrons. The topological polar surface area (TPSA) is 34.1 Å². The van der Waals surface area contributed by atoms with Crippen molar-refractivity contribution in [3.63, 3.8) is 0 Å². The van der Waals surface area contributed by atoms with Gasteiger partial charge in [-0.1, -0.05) is 20.8 Å². The highest BCUT2D eigenvalue weighted by atomic mass is 32.2. The molecule has 0 aromatic rings. The first-order valence-corrected chi connectivity index (χ1v) is 6.38. The van der Waals surface area contributed by atoms with Gasteiger partial charge in [0.15, 0.2) is 5.78 Å². The van der Waals surface area contributed by atoms with Gasteiger partial charge in [0.2, 0.25) is 0 Å². The van der Waals surface area contributed by atoms with Crippen LogP contribution in [0, 0.1) is 5.41 Å². The van der Waals surface area contributed by atoms with Crippen LogP contribution in [0.2, 0.25) is 0 Å². The van der Waals surface area contributed by atoms with Crippen LogP contribution in [-0.4, -0.2) is 21.1 Å². The maximum Gasteiger partial charge on any atom is 0.153 e. The third-order valence-corrected chi connectivity index (χ3v) is 4.08. The Labute approximate surface area is 104 Å². The van der Waals surface area contributed by atoms with E-state index >= 15 is 0 Å². The smallest absolute Gasteiger partial charge is 0.153 e. The van der Waals surface area contributed by atoms with Crippen LogP contribution in [0.1, 0.15) is 55.4 Å². The molecule has 2 nitrogen and oxygen atoms in total. The zero-order valence-electron chi connectivity index (χ0n) is 11.7. The molecule has 0 spiro atoms. The highest BCUT2D eigenvalue weighted by molar-refractivity contribution is 8.03. The molecule has 0 rings (SSSR count). The zero-order valence-corrected chi connectivity index (χ0v) is 12.5. The minimum Gasteiger partial charge on any atom is -0.298 e. The molecule has 0 aliphatic heterocycles. The molecule has 0 aromatic carbocycles. The summed E-state index contributed by atoms with van der Waals surface area (Å²) >= 11 is 1.45. The Morgan fingerprint density at radius 2 is 1.19 bits per heavy atom. The SMILES string of the molecule is CC(=O)C(C)(C)SC(C)(C)C(=O)C(C)(C)C. The zero-order chi connectivity index (χ0) is 13.4. The van der Waals surface area contributed by atoms with Crippen molar-refractivity contribution < 1.29 is 9.59 Å². The van der Waals surface area contributed by atoms with Crippen LogP contribution in [0.3, 0.4) is 0 Å². The van der Waals surface area contributed by atoms with Crippen LogP contribution in [0.5, 0.6) is 0 Å². The Bertz CT molecular complexity index is 296. The Hall–Kier alpha value is -0.310. The molecule has 0 heterocycles. The maximum atomic E-state index is 12.3. The summed E-state index contributed by atoms with van der Waals surface area (Å²) in [5.41, 5.74) is -0.372.